The maximum atomic E-state index is 12.4. The summed E-state index contributed by atoms with van der Waals surface area (Å²) in [6.45, 7) is 1.00. The molecule has 1 amide bonds. The van der Waals surface area contributed by atoms with E-state index in [1.165, 1.54) is 12.6 Å². The van der Waals surface area contributed by atoms with Crippen molar-refractivity contribution in [1.82, 2.24) is 15.3 Å². The van der Waals surface area contributed by atoms with Crippen molar-refractivity contribution in [3.8, 4) is 6.07 Å². The fourth-order valence-electron chi connectivity index (χ4n) is 4.99. The summed E-state index contributed by atoms with van der Waals surface area (Å²) in [5.74, 6) is 1.81. The fraction of sp³-hybridized carbons (Fsp3) is 0.478. The Bertz CT molecular complexity index is 935. The number of anilines is 1. The molecule has 2 bridgehead atoms. The van der Waals surface area contributed by atoms with E-state index in [2.05, 4.69) is 26.7 Å². The minimum atomic E-state index is -0.336. The number of amides is 1. The van der Waals surface area contributed by atoms with Gasteiger partial charge in [0.25, 0.3) is 0 Å². The summed E-state index contributed by atoms with van der Waals surface area (Å²) in [6, 6.07) is 12.0. The van der Waals surface area contributed by atoms with E-state index in [0.717, 1.165) is 37.8 Å². The van der Waals surface area contributed by atoms with Crippen LogP contribution in [0.15, 0.2) is 36.5 Å². The van der Waals surface area contributed by atoms with Gasteiger partial charge in [-0.25, -0.2) is 9.78 Å². The number of hydrogen-bond donors (Lipinski definition) is 2. The molecule has 0 spiro atoms. The van der Waals surface area contributed by atoms with Crippen LogP contribution < -0.4 is 10.6 Å². The first kappa shape index (κ1) is 21.4. The number of carbonyl (C=O) groups is 1. The predicted molar refractivity (Wildman–Crippen MR) is 117 cm³/mol. The van der Waals surface area contributed by atoms with E-state index in [1.807, 2.05) is 30.3 Å². The quantitative estimate of drug-likeness (QED) is 0.641. The highest BCUT2D eigenvalue weighted by Crippen LogP contribution is 2.43. The number of benzene rings is 1. The predicted octanol–water partition coefficient (Wildman–Crippen LogP) is 4.53. The average molecular weight is 440 g/mol. The Labute approximate surface area is 187 Å². The molecule has 1 unspecified atom stereocenters. The second-order valence-corrected chi connectivity index (χ2v) is 8.75. The van der Waals surface area contributed by atoms with E-state index >= 15 is 0 Å². The zero-order valence-electron chi connectivity index (χ0n) is 17.3. The van der Waals surface area contributed by atoms with Gasteiger partial charge < -0.3 is 15.4 Å². The molecule has 2 N–H and O–H groups in total. The topological polar surface area (TPSA) is 99.9 Å². The number of ether oxygens (including phenoxy) is 1. The fourth-order valence-corrected chi connectivity index (χ4v) is 5.12. The number of nitrogens with zero attached hydrogens (tertiary/aromatic N) is 3. The Morgan fingerprint density at radius 1 is 1.23 bits per heavy atom. The van der Waals surface area contributed by atoms with Crippen LogP contribution in [0.1, 0.15) is 43.2 Å². The number of carbonyl (C=O) groups excluding carboxylic acids is 1. The molecule has 2 aromatic rings. The van der Waals surface area contributed by atoms with Crippen LogP contribution in [-0.4, -0.2) is 28.6 Å². The van der Waals surface area contributed by atoms with Gasteiger partial charge >= 0.3 is 6.09 Å². The third-order valence-electron chi connectivity index (χ3n) is 6.37. The number of fused-ring (bicyclic) bond motifs is 2. The van der Waals surface area contributed by atoms with Crippen LogP contribution in [0.4, 0.5) is 10.6 Å². The van der Waals surface area contributed by atoms with E-state index < -0.39 is 0 Å². The number of nitriles is 1. The van der Waals surface area contributed by atoms with Crippen molar-refractivity contribution in [2.75, 3.05) is 11.9 Å². The Morgan fingerprint density at radius 3 is 2.68 bits per heavy atom. The Hall–Kier alpha value is -2.85. The highest BCUT2D eigenvalue weighted by atomic mass is 35.5. The van der Waals surface area contributed by atoms with Gasteiger partial charge in [-0.15, -0.1) is 0 Å². The van der Waals surface area contributed by atoms with Crippen LogP contribution in [-0.2, 0) is 11.3 Å². The molecule has 2 aliphatic carbocycles. The lowest BCUT2D eigenvalue weighted by Crippen LogP contribution is -2.52. The molecule has 0 radical (unpaired) electrons. The molecule has 2 aliphatic rings. The van der Waals surface area contributed by atoms with Gasteiger partial charge in [-0.2, -0.15) is 10.2 Å². The second-order valence-electron chi connectivity index (χ2n) is 8.41. The van der Waals surface area contributed by atoms with E-state index in [4.69, 9.17) is 16.3 Å². The van der Waals surface area contributed by atoms with Gasteiger partial charge in [0.2, 0.25) is 5.28 Å². The Balaban J connectivity index is 1.31. The molecule has 2 fully saturated rings. The van der Waals surface area contributed by atoms with Gasteiger partial charge in [-0.1, -0.05) is 36.8 Å². The van der Waals surface area contributed by atoms with E-state index in [0.29, 0.717) is 29.1 Å². The monoisotopic (exact) mass is 439 g/mol. The zero-order chi connectivity index (χ0) is 21.6. The summed E-state index contributed by atoms with van der Waals surface area (Å²) in [6.07, 6.45) is 6.57. The minimum Gasteiger partial charge on any atom is -0.445 e. The standard InChI is InChI=1S/C23H26ClN5O2/c24-22-27-13-19(11-25)21(29-22)26-12-16-9-17-7-4-8-18(10-16)20(17)28-23(30)31-14-15-5-2-1-3-6-15/h1-3,5-6,13,16-18,20H,4,7-10,12,14H2,(H,28,30)(H,26,27,29)/t16?,17-,18+,20-. The van der Waals surface area contributed by atoms with E-state index in [1.54, 1.807) is 0 Å². The highest BCUT2D eigenvalue weighted by Gasteiger charge is 2.41. The smallest absolute Gasteiger partial charge is 0.407 e. The molecule has 31 heavy (non-hydrogen) atoms. The molecule has 0 saturated heterocycles. The van der Waals surface area contributed by atoms with Gasteiger partial charge in [0.1, 0.15) is 24.1 Å². The first-order valence-electron chi connectivity index (χ1n) is 10.8. The first-order chi connectivity index (χ1) is 15.1. The summed E-state index contributed by atoms with van der Waals surface area (Å²) < 4.78 is 5.45. The van der Waals surface area contributed by atoms with Crippen LogP contribution >= 0.6 is 11.6 Å². The first-order valence-corrected chi connectivity index (χ1v) is 11.1. The van der Waals surface area contributed by atoms with Crippen LogP contribution in [0, 0.1) is 29.1 Å². The highest BCUT2D eigenvalue weighted by molar-refractivity contribution is 6.28. The maximum Gasteiger partial charge on any atom is 0.407 e. The van der Waals surface area contributed by atoms with Crippen LogP contribution in [0.2, 0.25) is 5.28 Å². The second kappa shape index (κ2) is 9.97. The lowest BCUT2D eigenvalue weighted by Gasteiger charge is -2.46. The Morgan fingerprint density at radius 2 is 1.97 bits per heavy atom. The number of rotatable bonds is 6. The van der Waals surface area contributed by atoms with Crippen LogP contribution in [0.5, 0.6) is 0 Å². The van der Waals surface area contributed by atoms with Crippen LogP contribution in [0.3, 0.4) is 0 Å². The van der Waals surface area contributed by atoms with Crippen molar-refractivity contribution >= 4 is 23.5 Å². The molecule has 7 nitrogen and oxygen atoms in total. The molecular weight excluding hydrogens is 414 g/mol. The number of aromatic nitrogens is 2. The average Bonchev–Trinajstić information content (AvgIpc) is 2.77. The number of halogens is 1. The van der Waals surface area contributed by atoms with Gasteiger partial charge in [-0.05, 0) is 60.6 Å². The molecule has 1 aromatic carbocycles. The molecule has 1 heterocycles. The summed E-state index contributed by atoms with van der Waals surface area (Å²) >= 11 is 5.88. The molecule has 4 atom stereocenters. The Kier molecular flexibility index (Phi) is 6.88. The van der Waals surface area contributed by atoms with Gasteiger partial charge in [0.15, 0.2) is 0 Å². The molecule has 0 aliphatic heterocycles. The van der Waals surface area contributed by atoms with Crippen molar-refractivity contribution in [3.05, 3.63) is 52.9 Å². The molecule has 1 aromatic heterocycles. The van der Waals surface area contributed by atoms with Crippen LogP contribution in [0.25, 0.3) is 0 Å². The van der Waals surface area contributed by atoms with Gasteiger partial charge in [0, 0.05) is 12.6 Å². The number of alkyl carbamates (subject to hydrolysis) is 1. The minimum absolute atomic E-state index is 0.125. The van der Waals surface area contributed by atoms with Gasteiger partial charge in [0.05, 0.1) is 6.20 Å². The normalized spacial score (nSPS) is 24.6. The summed E-state index contributed by atoms with van der Waals surface area (Å²) in [7, 11) is 0. The maximum absolute atomic E-state index is 12.4. The molecule has 8 heteroatoms. The summed E-state index contributed by atoms with van der Waals surface area (Å²) in [5, 5.41) is 15.8. The van der Waals surface area contributed by atoms with Crippen molar-refractivity contribution < 1.29 is 9.53 Å². The van der Waals surface area contributed by atoms with E-state index in [9.17, 15) is 10.1 Å². The molecular formula is C23H26ClN5O2. The number of hydrogen-bond acceptors (Lipinski definition) is 6. The molecule has 162 valence electrons. The largest absolute Gasteiger partial charge is 0.445 e. The molecule has 4 rings (SSSR count). The zero-order valence-corrected chi connectivity index (χ0v) is 18.0. The lowest BCUT2D eigenvalue weighted by molar-refractivity contribution is 0.0732. The van der Waals surface area contributed by atoms with Crippen molar-refractivity contribution in [2.45, 2.75) is 44.8 Å². The van der Waals surface area contributed by atoms with Gasteiger partial charge in [-0.3, -0.25) is 0 Å². The van der Waals surface area contributed by atoms with Crippen molar-refractivity contribution in [2.24, 2.45) is 17.8 Å². The summed E-state index contributed by atoms with van der Waals surface area (Å²) in [5.41, 5.74) is 1.37. The van der Waals surface area contributed by atoms with Crippen molar-refractivity contribution in [1.29, 1.82) is 5.26 Å². The third kappa shape index (κ3) is 5.45. The summed E-state index contributed by atoms with van der Waals surface area (Å²) in [4.78, 5) is 20.4. The lowest BCUT2D eigenvalue weighted by atomic mass is 9.64. The number of nitrogens with one attached hydrogen (secondary N) is 2. The SMILES string of the molecule is N#Cc1cnc(Cl)nc1NCC1C[C@H]2CCC[C@@H](C1)[C@@H]2NC(=O)OCc1ccccc1. The third-order valence-corrected chi connectivity index (χ3v) is 6.56. The van der Waals surface area contributed by atoms with E-state index in [-0.39, 0.29) is 24.0 Å². The van der Waals surface area contributed by atoms with Crippen molar-refractivity contribution in [3.63, 3.8) is 0 Å². The molecule has 2 saturated carbocycles.